The molecule has 19 heavy (non-hydrogen) atoms. The van der Waals surface area contributed by atoms with E-state index in [2.05, 4.69) is 15.9 Å². The molecule has 1 atom stereocenters. The normalized spacial score (nSPS) is 11.8. The van der Waals surface area contributed by atoms with Crippen molar-refractivity contribution in [2.75, 3.05) is 13.7 Å². The first-order valence-corrected chi connectivity index (χ1v) is 6.78. The third-order valence-corrected chi connectivity index (χ3v) is 3.22. The number of methoxy groups -OCH3 is 1. The van der Waals surface area contributed by atoms with Crippen LogP contribution in [0.1, 0.15) is 19.4 Å². The Morgan fingerprint density at radius 1 is 1.37 bits per heavy atom. The second-order valence-electron chi connectivity index (χ2n) is 4.08. The molecule has 0 fully saturated rings. The summed E-state index contributed by atoms with van der Waals surface area (Å²) in [5.74, 6) is -0.834. The number of ketones is 1. The summed E-state index contributed by atoms with van der Waals surface area (Å²) in [6.07, 6.45) is 0.275. The second-order valence-corrected chi connectivity index (χ2v) is 4.99. The number of hydrogen-bond donors (Lipinski definition) is 0. The fourth-order valence-corrected chi connectivity index (χ4v) is 2.17. The maximum Gasteiger partial charge on any atom is 0.316 e. The fourth-order valence-electron chi connectivity index (χ4n) is 1.76. The third kappa shape index (κ3) is 4.35. The molecule has 0 aliphatic rings. The molecule has 0 aromatic heterocycles. The number of hydrogen-bond acceptors (Lipinski definition) is 4. The molecule has 0 spiro atoms. The third-order valence-electron chi connectivity index (χ3n) is 2.73. The Labute approximate surface area is 121 Å². The molecule has 0 saturated heterocycles. The van der Waals surface area contributed by atoms with Crippen molar-refractivity contribution in [3.8, 4) is 5.75 Å². The van der Waals surface area contributed by atoms with Crippen molar-refractivity contribution in [3.63, 3.8) is 0 Å². The number of benzene rings is 1. The molecule has 0 bridgehead atoms. The van der Waals surface area contributed by atoms with E-state index in [1.54, 1.807) is 20.1 Å². The molecule has 0 saturated carbocycles. The highest BCUT2D eigenvalue weighted by atomic mass is 79.9. The number of carbonyl (C=O) groups excluding carboxylic acids is 2. The average molecular weight is 329 g/mol. The van der Waals surface area contributed by atoms with Crippen molar-refractivity contribution in [3.05, 3.63) is 28.2 Å². The Morgan fingerprint density at radius 2 is 2.05 bits per heavy atom. The van der Waals surface area contributed by atoms with Crippen LogP contribution in [0.2, 0.25) is 0 Å². The number of carbonyl (C=O) groups is 2. The molecule has 0 aliphatic heterocycles. The lowest BCUT2D eigenvalue weighted by Gasteiger charge is -2.15. The van der Waals surface area contributed by atoms with Crippen LogP contribution in [0, 0.1) is 5.92 Å². The van der Waals surface area contributed by atoms with Crippen molar-refractivity contribution in [1.82, 2.24) is 0 Å². The standard InChI is InChI=1S/C14H17BrO4/c1-4-19-14(17)12(9(2)16)8-10-7-11(15)5-6-13(10)18-3/h5-7,12H,4,8H2,1-3H3. The Bertz CT molecular complexity index is 471. The van der Waals surface area contributed by atoms with Crippen LogP contribution >= 0.6 is 15.9 Å². The molecule has 1 aromatic rings. The molecule has 0 radical (unpaired) electrons. The summed E-state index contributed by atoms with van der Waals surface area (Å²) in [6.45, 7) is 3.37. The number of Topliss-reactive ketones (excluding diaryl/α,β-unsaturated/α-hetero) is 1. The summed E-state index contributed by atoms with van der Waals surface area (Å²) in [7, 11) is 1.56. The van der Waals surface area contributed by atoms with Gasteiger partial charge in [0.15, 0.2) is 0 Å². The summed E-state index contributed by atoms with van der Waals surface area (Å²) >= 11 is 3.36. The van der Waals surface area contributed by atoms with Gasteiger partial charge < -0.3 is 9.47 Å². The summed E-state index contributed by atoms with van der Waals surface area (Å²) in [5, 5.41) is 0. The second kappa shape index (κ2) is 7.28. The van der Waals surface area contributed by atoms with Crippen LogP contribution in [0.25, 0.3) is 0 Å². The fraction of sp³-hybridized carbons (Fsp3) is 0.429. The number of esters is 1. The lowest BCUT2D eigenvalue weighted by atomic mass is 9.95. The van der Waals surface area contributed by atoms with Crippen LogP contribution in [-0.4, -0.2) is 25.5 Å². The predicted molar refractivity (Wildman–Crippen MR) is 75.2 cm³/mol. The molecule has 104 valence electrons. The highest BCUT2D eigenvalue weighted by Gasteiger charge is 2.26. The first-order chi connectivity index (χ1) is 8.99. The van der Waals surface area contributed by atoms with E-state index < -0.39 is 11.9 Å². The zero-order valence-corrected chi connectivity index (χ0v) is 12.8. The van der Waals surface area contributed by atoms with Gasteiger partial charge in [0, 0.05) is 4.47 Å². The minimum Gasteiger partial charge on any atom is -0.496 e. The SMILES string of the molecule is CCOC(=O)C(Cc1cc(Br)ccc1OC)C(C)=O. The summed E-state index contributed by atoms with van der Waals surface area (Å²) in [4.78, 5) is 23.4. The molecular weight excluding hydrogens is 312 g/mol. The lowest BCUT2D eigenvalue weighted by Crippen LogP contribution is -2.26. The Morgan fingerprint density at radius 3 is 2.58 bits per heavy atom. The van der Waals surface area contributed by atoms with Gasteiger partial charge in [-0.05, 0) is 44.0 Å². The zero-order chi connectivity index (χ0) is 14.4. The summed E-state index contributed by atoms with van der Waals surface area (Å²) in [5.41, 5.74) is 0.796. The highest BCUT2D eigenvalue weighted by molar-refractivity contribution is 9.10. The van der Waals surface area contributed by atoms with Gasteiger partial charge in [-0.15, -0.1) is 0 Å². The van der Waals surface area contributed by atoms with E-state index in [0.717, 1.165) is 10.0 Å². The molecule has 0 N–H and O–H groups in total. The first kappa shape index (κ1) is 15.7. The average Bonchev–Trinajstić information content (AvgIpc) is 2.36. The molecule has 4 nitrogen and oxygen atoms in total. The number of rotatable bonds is 6. The van der Waals surface area contributed by atoms with Crippen molar-refractivity contribution in [2.24, 2.45) is 5.92 Å². The van der Waals surface area contributed by atoms with Crippen LogP contribution < -0.4 is 4.74 Å². The van der Waals surface area contributed by atoms with Crippen LogP contribution in [-0.2, 0) is 20.7 Å². The summed E-state index contributed by atoms with van der Waals surface area (Å²) in [6, 6.07) is 5.48. The van der Waals surface area contributed by atoms with Crippen molar-refractivity contribution >= 4 is 27.7 Å². The van der Waals surface area contributed by atoms with Gasteiger partial charge in [-0.2, -0.15) is 0 Å². The van der Waals surface area contributed by atoms with Crippen LogP contribution in [0.4, 0.5) is 0 Å². The Hall–Kier alpha value is -1.36. The van der Waals surface area contributed by atoms with E-state index in [9.17, 15) is 9.59 Å². The highest BCUT2D eigenvalue weighted by Crippen LogP contribution is 2.26. The van der Waals surface area contributed by atoms with Crippen LogP contribution in [0.3, 0.4) is 0 Å². The molecule has 1 rings (SSSR count). The first-order valence-electron chi connectivity index (χ1n) is 5.99. The molecule has 0 heterocycles. The smallest absolute Gasteiger partial charge is 0.316 e. The monoisotopic (exact) mass is 328 g/mol. The van der Waals surface area contributed by atoms with Gasteiger partial charge in [0.2, 0.25) is 0 Å². The lowest BCUT2D eigenvalue weighted by molar-refractivity contribution is -0.151. The van der Waals surface area contributed by atoms with Crippen LogP contribution in [0.5, 0.6) is 5.75 Å². The molecule has 0 aliphatic carbocycles. The maximum absolute atomic E-state index is 11.8. The molecule has 5 heteroatoms. The van der Waals surface area contributed by atoms with Gasteiger partial charge in [0.1, 0.15) is 17.5 Å². The van der Waals surface area contributed by atoms with E-state index in [1.807, 2.05) is 12.1 Å². The van der Waals surface area contributed by atoms with Gasteiger partial charge in [0.05, 0.1) is 13.7 Å². The largest absolute Gasteiger partial charge is 0.496 e. The Kier molecular flexibility index (Phi) is 6.02. The zero-order valence-electron chi connectivity index (χ0n) is 11.2. The van der Waals surface area contributed by atoms with Crippen LogP contribution in [0.15, 0.2) is 22.7 Å². The molecule has 1 unspecified atom stereocenters. The van der Waals surface area contributed by atoms with E-state index in [1.165, 1.54) is 6.92 Å². The topological polar surface area (TPSA) is 52.6 Å². The van der Waals surface area contributed by atoms with E-state index in [0.29, 0.717) is 5.75 Å². The van der Waals surface area contributed by atoms with Gasteiger partial charge >= 0.3 is 5.97 Å². The minimum atomic E-state index is -0.789. The Balaban J connectivity index is 2.99. The quantitative estimate of drug-likeness (QED) is 0.595. The van der Waals surface area contributed by atoms with E-state index in [-0.39, 0.29) is 18.8 Å². The number of ether oxygens (including phenoxy) is 2. The minimum absolute atomic E-state index is 0.208. The van der Waals surface area contributed by atoms with Gasteiger partial charge in [-0.3, -0.25) is 9.59 Å². The van der Waals surface area contributed by atoms with Crippen molar-refractivity contribution in [2.45, 2.75) is 20.3 Å². The molecule has 0 amide bonds. The molecule has 1 aromatic carbocycles. The van der Waals surface area contributed by atoms with Gasteiger partial charge in [-0.25, -0.2) is 0 Å². The van der Waals surface area contributed by atoms with Crippen molar-refractivity contribution < 1.29 is 19.1 Å². The van der Waals surface area contributed by atoms with E-state index in [4.69, 9.17) is 9.47 Å². The maximum atomic E-state index is 11.8. The number of halogens is 1. The van der Waals surface area contributed by atoms with Gasteiger partial charge in [-0.1, -0.05) is 15.9 Å². The van der Waals surface area contributed by atoms with E-state index >= 15 is 0 Å². The predicted octanol–water partition coefficient (Wildman–Crippen LogP) is 2.77. The summed E-state index contributed by atoms with van der Waals surface area (Å²) < 4.78 is 11.0. The van der Waals surface area contributed by atoms with Gasteiger partial charge in [0.25, 0.3) is 0 Å². The van der Waals surface area contributed by atoms with Crippen molar-refractivity contribution in [1.29, 1.82) is 0 Å². The molecular formula is C14H17BrO4.